The quantitative estimate of drug-likeness (QED) is 0.669. The van der Waals surface area contributed by atoms with Gasteiger partial charge in [-0.15, -0.1) is 0 Å². The number of nitrogens with zero attached hydrogens (tertiary/aromatic N) is 1. The smallest absolute Gasteiger partial charge is 0.330 e. The molecule has 0 aliphatic carbocycles. The summed E-state index contributed by atoms with van der Waals surface area (Å²) in [5.41, 5.74) is 1.54. The Bertz CT molecular complexity index is 374. The molecular weight excluding hydrogens is 168 g/mol. The summed E-state index contributed by atoms with van der Waals surface area (Å²) in [7, 11) is 0. The van der Waals surface area contributed by atoms with Crippen LogP contribution in [-0.4, -0.2) is 22.1 Å². The molecule has 4 heteroatoms. The summed E-state index contributed by atoms with van der Waals surface area (Å²) in [6, 6.07) is 2.93. The predicted molar refractivity (Wildman–Crippen MR) is 48.3 cm³/mol. The summed E-state index contributed by atoms with van der Waals surface area (Å²) in [6.07, 6.45) is 4.97. The molecule has 2 N–H and O–H groups in total. The zero-order valence-corrected chi connectivity index (χ0v) is 6.77. The van der Waals surface area contributed by atoms with E-state index in [9.17, 15) is 4.79 Å². The number of aliphatic carboxylic acids is 1. The van der Waals surface area contributed by atoms with Crippen molar-refractivity contribution in [3.05, 3.63) is 30.1 Å². The minimum Gasteiger partial charge on any atom is -0.479 e. The molecule has 0 saturated heterocycles. The molecule has 1 aromatic rings. The van der Waals surface area contributed by atoms with Crippen molar-refractivity contribution in [1.29, 1.82) is 0 Å². The average Bonchev–Trinajstić information content (AvgIpc) is 2.17. The van der Waals surface area contributed by atoms with Crippen LogP contribution in [0.4, 0.5) is 5.69 Å². The molecule has 1 aromatic heterocycles. The fourth-order valence-electron chi connectivity index (χ4n) is 1.22. The van der Waals surface area contributed by atoms with Crippen LogP contribution in [0.3, 0.4) is 0 Å². The van der Waals surface area contributed by atoms with E-state index in [2.05, 4.69) is 10.3 Å². The van der Waals surface area contributed by atoms with Crippen LogP contribution < -0.4 is 5.32 Å². The van der Waals surface area contributed by atoms with Gasteiger partial charge < -0.3 is 10.4 Å². The van der Waals surface area contributed by atoms with E-state index in [1.807, 2.05) is 6.07 Å². The van der Waals surface area contributed by atoms with Crippen LogP contribution in [0.25, 0.3) is 6.08 Å². The lowest BCUT2D eigenvalue weighted by molar-refractivity contribution is -0.136. The largest absolute Gasteiger partial charge is 0.479 e. The Morgan fingerprint density at radius 1 is 1.62 bits per heavy atom. The molecule has 0 amide bonds. The first-order valence-electron chi connectivity index (χ1n) is 3.90. The predicted octanol–water partition coefficient (Wildman–Crippen LogP) is 0.974. The Kier molecular flexibility index (Phi) is 1.73. The fraction of sp³-hybridized carbons (Fsp3) is 0.111. The lowest BCUT2D eigenvalue weighted by Gasteiger charge is -2.17. The number of carboxylic acid groups (broad SMARTS) is 1. The van der Waals surface area contributed by atoms with Crippen LogP contribution in [0.1, 0.15) is 5.69 Å². The van der Waals surface area contributed by atoms with Crippen molar-refractivity contribution >= 4 is 17.7 Å². The maximum atomic E-state index is 10.6. The SMILES string of the molecule is O=C(O)C1C=Cc2ncccc2N1. The Morgan fingerprint density at radius 2 is 2.46 bits per heavy atom. The van der Waals surface area contributed by atoms with Gasteiger partial charge in [0.15, 0.2) is 0 Å². The van der Waals surface area contributed by atoms with Gasteiger partial charge in [-0.2, -0.15) is 0 Å². The lowest BCUT2D eigenvalue weighted by atomic mass is 10.1. The van der Waals surface area contributed by atoms with Crippen LogP contribution in [0.2, 0.25) is 0 Å². The maximum Gasteiger partial charge on any atom is 0.330 e. The molecule has 13 heavy (non-hydrogen) atoms. The summed E-state index contributed by atoms with van der Waals surface area (Å²) >= 11 is 0. The van der Waals surface area contributed by atoms with Gasteiger partial charge in [-0.1, -0.05) is 0 Å². The van der Waals surface area contributed by atoms with Crippen molar-refractivity contribution in [2.24, 2.45) is 0 Å². The maximum absolute atomic E-state index is 10.6. The first-order valence-corrected chi connectivity index (χ1v) is 3.90. The van der Waals surface area contributed by atoms with Crippen molar-refractivity contribution in [2.75, 3.05) is 5.32 Å². The molecule has 1 atom stereocenters. The highest BCUT2D eigenvalue weighted by Gasteiger charge is 2.18. The highest BCUT2D eigenvalue weighted by Crippen LogP contribution is 2.19. The highest BCUT2D eigenvalue weighted by atomic mass is 16.4. The van der Waals surface area contributed by atoms with E-state index in [1.54, 1.807) is 24.4 Å². The monoisotopic (exact) mass is 176 g/mol. The molecule has 1 unspecified atom stereocenters. The number of anilines is 1. The van der Waals surface area contributed by atoms with Gasteiger partial charge in [-0.05, 0) is 24.3 Å². The second kappa shape index (κ2) is 2.90. The van der Waals surface area contributed by atoms with Crippen molar-refractivity contribution in [2.45, 2.75) is 6.04 Å². The van der Waals surface area contributed by atoms with Crippen LogP contribution in [0.5, 0.6) is 0 Å². The van der Waals surface area contributed by atoms with Crippen LogP contribution in [0.15, 0.2) is 24.4 Å². The van der Waals surface area contributed by atoms with Gasteiger partial charge in [0.25, 0.3) is 0 Å². The van der Waals surface area contributed by atoms with Gasteiger partial charge in [-0.3, -0.25) is 4.98 Å². The fourth-order valence-corrected chi connectivity index (χ4v) is 1.22. The van der Waals surface area contributed by atoms with E-state index in [0.717, 1.165) is 11.4 Å². The molecule has 0 spiro atoms. The second-order valence-corrected chi connectivity index (χ2v) is 2.76. The van der Waals surface area contributed by atoms with Gasteiger partial charge in [0.2, 0.25) is 0 Å². The zero-order chi connectivity index (χ0) is 9.26. The number of rotatable bonds is 1. The Morgan fingerprint density at radius 3 is 3.23 bits per heavy atom. The Hall–Kier alpha value is -1.84. The third kappa shape index (κ3) is 1.38. The second-order valence-electron chi connectivity index (χ2n) is 2.76. The number of fused-ring (bicyclic) bond motifs is 1. The van der Waals surface area contributed by atoms with Gasteiger partial charge in [-0.25, -0.2) is 4.79 Å². The molecule has 1 aliphatic rings. The van der Waals surface area contributed by atoms with Crippen molar-refractivity contribution in [1.82, 2.24) is 4.98 Å². The number of hydrogen-bond donors (Lipinski definition) is 2. The molecule has 0 bridgehead atoms. The van der Waals surface area contributed by atoms with Gasteiger partial charge >= 0.3 is 5.97 Å². The zero-order valence-electron chi connectivity index (χ0n) is 6.77. The van der Waals surface area contributed by atoms with E-state index in [1.165, 1.54) is 0 Å². The molecule has 2 heterocycles. The third-order valence-electron chi connectivity index (χ3n) is 1.86. The molecule has 2 rings (SSSR count). The number of carbonyl (C=O) groups is 1. The van der Waals surface area contributed by atoms with Crippen molar-refractivity contribution in [3.63, 3.8) is 0 Å². The topological polar surface area (TPSA) is 62.2 Å². The van der Waals surface area contributed by atoms with Gasteiger partial charge in [0.05, 0.1) is 11.4 Å². The average molecular weight is 176 g/mol. The van der Waals surface area contributed by atoms with E-state index >= 15 is 0 Å². The molecular formula is C9H8N2O2. The molecule has 0 saturated carbocycles. The van der Waals surface area contributed by atoms with E-state index < -0.39 is 12.0 Å². The summed E-state index contributed by atoms with van der Waals surface area (Å²) in [6.45, 7) is 0. The summed E-state index contributed by atoms with van der Waals surface area (Å²) in [4.78, 5) is 14.7. The summed E-state index contributed by atoms with van der Waals surface area (Å²) in [5, 5.41) is 11.6. The van der Waals surface area contributed by atoms with E-state index in [0.29, 0.717) is 0 Å². The van der Waals surface area contributed by atoms with Crippen LogP contribution in [-0.2, 0) is 4.79 Å². The van der Waals surface area contributed by atoms with E-state index in [-0.39, 0.29) is 0 Å². The van der Waals surface area contributed by atoms with Crippen LogP contribution >= 0.6 is 0 Å². The standard InChI is InChI=1S/C9H8N2O2/c12-9(13)8-4-3-6-7(11-8)2-1-5-10-6/h1-5,8,11H,(H,12,13). The summed E-state index contributed by atoms with van der Waals surface area (Å²) in [5.74, 6) is -0.884. The Labute approximate surface area is 74.9 Å². The number of nitrogens with one attached hydrogen (secondary N) is 1. The molecule has 4 nitrogen and oxygen atoms in total. The van der Waals surface area contributed by atoms with E-state index in [4.69, 9.17) is 5.11 Å². The molecule has 0 fully saturated rings. The third-order valence-corrected chi connectivity index (χ3v) is 1.86. The molecule has 66 valence electrons. The summed E-state index contributed by atoms with van der Waals surface area (Å²) < 4.78 is 0. The molecule has 1 aliphatic heterocycles. The number of pyridine rings is 1. The van der Waals surface area contributed by atoms with Gasteiger partial charge in [0, 0.05) is 6.20 Å². The molecule has 0 radical (unpaired) electrons. The highest BCUT2D eigenvalue weighted by molar-refractivity contribution is 5.84. The number of hydrogen-bond acceptors (Lipinski definition) is 3. The Balaban J connectivity index is 2.34. The lowest BCUT2D eigenvalue weighted by Crippen LogP contribution is -2.29. The first-order chi connectivity index (χ1) is 6.27. The number of carboxylic acids is 1. The normalized spacial score (nSPS) is 18.9. The molecule has 0 aromatic carbocycles. The first kappa shape index (κ1) is 7.79. The minimum atomic E-state index is -0.884. The van der Waals surface area contributed by atoms with Crippen molar-refractivity contribution < 1.29 is 9.90 Å². The van der Waals surface area contributed by atoms with Crippen LogP contribution in [0, 0.1) is 0 Å². The van der Waals surface area contributed by atoms with Gasteiger partial charge in [0.1, 0.15) is 6.04 Å². The van der Waals surface area contributed by atoms with Crippen molar-refractivity contribution in [3.8, 4) is 0 Å². The number of aromatic nitrogens is 1. The minimum absolute atomic E-state index is 0.642.